The van der Waals surface area contributed by atoms with Crippen LogP contribution < -0.4 is 5.32 Å². The lowest BCUT2D eigenvalue weighted by Crippen LogP contribution is -2.37. The third kappa shape index (κ3) is 3.04. The number of ether oxygens (including phenoxy) is 1. The van der Waals surface area contributed by atoms with E-state index < -0.39 is 0 Å². The molecule has 0 saturated carbocycles. The molecule has 3 rings (SSSR count). The molecule has 0 spiro atoms. The van der Waals surface area contributed by atoms with E-state index in [-0.39, 0.29) is 0 Å². The molecule has 104 valence electrons. The van der Waals surface area contributed by atoms with E-state index >= 15 is 0 Å². The van der Waals surface area contributed by atoms with Crippen molar-refractivity contribution in [1.82, 2.24) is 5.32 Å². The molecule has 1 aliphatic heterocycles. The van der Waals surface area contributed by atoms with Crippen LogP contribution in [-0.4, -0.2) is 19.8 Å². The average Bonchev–Trinajstić information content (AvgIpc) is 2.79. The molecule has 1 saturated heterocycles. The van der Waals surface area contributed by atoms with Gasteiger partial charge in [-0.3, -0.25) is 0 Å². The molecule has 1 unspecified atom stereocenters. The van der Waals surface area contributed by atoms with Crippen LogP contribution in [0, 0.1) is 5.41 Å². The Morgan fingerprint density at radius 1 is 1.37 bits per heavy atom. The van der Waals surface area contributed by atoms with Crippen LogP contribution in [0.1, 0.15) is 43.4 Å². The zero-order valence-electron chi connectivity index (χ0n) is 11.5. The Bertz CT molecular complexity index is 454. The van der Waals surface area contributed by atoms with Crippen LogP contribution in [0.25, 0.3) is 0 Å². The second-order valence-electron chi connectivity index (χ2n) is 6.24. The molecule has 1 aromatic carbocycles. The monoisotopic (exact) mass is 323 g/mol. The molecule has 0 bridgehead atoms. The number of nitrogens with one attached hydrogen (secondary N) is 1. The zero-order valence-corrected chi connectivity index (χ0v) is 13.1. The molecule has 1 atom stereocenters. The number of halogens is 1. The van der Waals surface area contributed by atoms with Gasteiger partial charge in [-0.15, -0.1) is 0 Å². The number of fused-ring (bicyclic) bond motifs is 1. The van der Waals surface area contributed by atoms with Crippen LogP contribution in [0.5, 0.6) is 0 Å². The van der Waals surface area contributed by atoms with Gasteiger partial charge in [0.25, 0.3) is 0 Å². The van der Waals surface area contributed by atoms with Gasteiger partial charge < -0.3 is 10.1 Å². The van der Waals surface area contributed by atoms with Gasteiger partial charge in [0.15, 0.2) is 0 Å². The van der Waals surface area contributed by atoms with Crippen LogP contribution in [-0.2, 0) is 11.2 Å². The van der Waals surface area contributed by atoms with Crippen LogP contribution in [0.2, 0.25) is 0 Å². The van der Waals surface area contributed by atoms with Gasteiger partial charge >= 0.3 is 0 Å². The van der Waals surface area contributed by atoms with Crippen LogP contribution >= 0.6 is 15.9 Å². The van der Waals surface area contributed by atoms with Crippen molar-refractivity contribution in [1.29, 1.82) is 0 Å². The Kier molecular flexibility index (Phi) is 3.97. The van der Waals surface area contributed by atoms with Crippen LogP contribution in [0.3, 0.4) is 0 Å². The number of hydrogen-bond donors (Lipinski definition) is 1. The summed E-state index contributed by atoms with van der Waals surface area (Å²) < 4.78 is 6.67. The van der Waals surface area contributed by atoms with E-state index in [1.54, 1.807) is 0 Å². The van der Waals surface area contributed by atoms with E-state index in [1.807, 2.05) is 0 Å². The highest BCUT2D eigenvalue weighted by molar-refractivity contribution is 9.10. The van der Waals surface area contributed by atoms with Gasteiger partial charge in [0.2, 0.25) is 0 Å². The van der Waals surface area contributed by atoms with Crippen molar-refractivity contribution in [3.8, 4) is 0 Å². The Hall–Kier alpha value is -0.380. The molecular weight excluding hydrogens is 302 g/mol. The van der Waals surface area contributed by atoms with Crippen molar-refractivity contribution < 1.29 is 4.74 Å². The summed E-state index contributed by atoms with van der Waals surface area (Å²) in [7, 11) is 0. The molecule has 1 aliphatic carbocycles. The summed E-state index contributed by atoms with van der Waals surface area (Å²) in [5.41, 5.74) is 3.42. The van der Waals surface area contributed by atoms with Crippen LogP contribution in [0.4, 0.5) is 0 Å². The van der Waals surface area contributed by atoms with E-state index in [1.165, 1.54) is 41.3 Å². The highest BCUT2D eigenvalue weighted by Crippen LogP contribution is 2.35. The lowest BCUT2D eigenvalue weighted by molar-refractivity contribution is 0.0229. The summed E-state index contributed by atoms with van der Waals surface area (Å²) >= 11 is 3.56. The van der Waals surface area contributed by atoms with Crippen molar-refractivity contribution in [3.63, 3.8) is 0 Å². The summed E-state index contributed by atoms with van der Waals surface area (Å²) in [4.78, 5) is 0. The molecular formula is C16H22BrNO. The largest absolute Gasteiger partial charge is 0.381 e. The highest BCUT2D eigenvalue weighted by Gasteiger charge is 2.29. The zero-order chi connectivity index (χ0) is 13.3. The van der Waals surface area contributed by atoms with E-state index in [4.69, 9.17) is 4.74 Å². The first kappa shape index (κ1) is 13.6. The maximum absolute atomic E-state index is 5.47. The molecule has 1 N–H and O–H groups in total. The lowest BCUT2D eigenvalue weighted by Gasteiger charge is -2.34. The first-order chi connectivity index (χ1) is 9.16. The van der Waals surface area contributed by atoms with Crippen molar-refractivity contribution in [3.05, 3.63) is 33.8 Å². The SMILES string of the molecule is CC1(CNC2CCc3cc(Br)ccc32)CCOCC1. The number of rotatable bonds is 3. The maximum atomic E-state index is 5.47. The van der Waals surface area contributed by atoms with Gasteiger partial charge in [0.1, 0.15) is 0 Å². The minimum Gasteiger partial charge on any atom is -0.381 e. The molecule has 19 heavy (non-hydrogen) atoms. The maximum Gasteiger partial charge on any atom is 0.0471 e. The second kappa shape index (κ2) is 5.55. The Balaban J connectivity index is 1.63. The Morgan fingerprint density at radius 3 is 2.95 bits per heavy atom. The predicted molar refractivity (Wildman–Crippen MR) is 81.4 cm³/mol. The van der Waals surface area contributed by atoms with E-state index in [0.29, 0.717) is 11.5 Å². The molecule has 3 heteroatoms. The predicted octanol–water partition coefficient (Wildman–Crippen LogP) is 3.84. The topological polar surface area (TPSA) is 21.3 Å². The summed E-state index contributed by atoms with van der Waals surface area (Å²) in [5.74, 6) is 0. The fourth-order valence-corrected chi connectivity index (χ4v) is 3.62. The van der Waals surface area contributed by atoms with Gasteiger partial charge in [0.05, 0.1) is 0 Å². The third-order valence-corrected chi connectivity index (χ3v) is 5.15. The van der Waals surface area contributed by atoms with Gasteiger partial charge in [-0.25, -0.2) is 0 Å². The second-order valence-corrected chi connectivity index (χ2v) is 7.15. The minimum absolute atomic E-state index is 0.413. The molecule has 1 aromatic rings. The fourth-order valence-electron chi connectivity index (χ4n) is 3.21. The van der Waals surface area contributed by atoms with E-state index in [0.717, 1.165) is 19.8 Å². The molecule has 2 aliphatic rings. The van der Waals surface area contributed by atoms with Gasteiger partial charge in [-0.1, -0.05) is 28.9 Å². The van der Waals surface area contributed by atoms with Gasteiger partial charge in [-0.05, 0) is 54.4 Å². The number of aryl methyl sites for hydroxylation is 1. The minimum atomic E-state index is 0.413. The fraction of sp³-hybridized carbons (Fsp3) is 0.625. The lowest BCUT2D eigenvalue weighted by atomic mass is 9.82. The number of benzene rings is 1. The van der Waals surface area contributed by atoms with Gasteiger partial charge in [0, 0.05) is 30.3 Å². The standard InChI is InChI=1S/C16H22BrNO/c1-16(6-8-19-9-7-16)11-18-15-5-2-12-10-13(17)3-4-14(12)15/h3-4,10,15,18H,2,5-9,11H2,1H3. The summed E-state index contributed by atoms with van der Waals surface area (Å²) in [6.45, 7) is 5.34. The third-order valence-electron chi connectivity index (χ3n) is 4.66. The van der Waals surface area contributed by atoms with Crippen molar-refractivity contribution in [2.24, 2.45) is 5.41 Å². The molecule has 2 nitrogen and oxygen atoms in total. The van der Waals surface area contributed by atoms with Gasteiger partial charge in [-0.2, -0.15) is 0 Å². The molecule has 0 amide bonds. The smallest absolute Gasteiger partial charge is 0.0471 e. The summed E-state index contributed by atoms with van der Waals surface area (Å²) in [5, 5.41) is 3.80. The van der Waals surface area contributed by atoms with E-state index in [9.17, 15) is 0 Å². The van der Waals surface area contributed by atoms with E-state index in [2.05, 4.69) is 46.4 Å². The Morgan fingerprint density at radius 2 is 2.16 bits per heavy atom. The number of hydrogen-bond acceptors (Lipinski definition) is 2. The molecule has 0 radical (unpaired) electrons. The summed E-state index contributed by atoms with van der Waals surface area (Å²) in [6, 6.07) is 7.25. The van der Waals surface area contributed by atoms with Crippen LogP contribution in [0.15, 0.2) is 22.7 Å². The molecule has 1 heterocycles. The first-order valence-electron chi connectivity index (χ1n) is 7.26. The Labute approximate surface area is 124 Å². The molecule has 1 fully saturated rings. The first-order valence-corrected chi connectivity index (χ1v) is 8.05. The summed E-state index contributed by atoms with van der Waals surface area (Å²) in [6.07, 6.45) is 4.80. The highest BCUT2D eigenvalue weighted by atomic mass is 79.9. The molecule has 0 aromatic heterocycles. The van der Waals surface area contributed by atoms with Crippen molar-refractivity contribution in [2.45, 2.75) is 38.6 Å². The normalized spacial score (nSPS) is 25.3. The van der Waals surface area contributed by atoms with Crippen molar-refractivity contribution >= 4 is 15.9 Å². The van der Waals surface area contributed by atoms with Crippen molar-refractivity contribution in [2.75, 3.05) is 19.8 Å². The quantitative estimate of drug-likeness (QED) is 0.912. The average molecular weight is 324 g/mol.